The van der Waals surface area contributed by atoms with Gasteiger partial charge >= 0.3 is 0 Å². The molecule has 0 spiro atoms. The lowest BCUT2D eigenvalue weighted by Crippen LogP contribution is -2.17. The van der Waals surface area contributed by atoms with Gasteiger partial charge in [0.1, 0.15) is 5.75 Å². The van der Waals surface area contributed by atoms with Crippen LogP contribution in [0.1, 0.15) is 34.6 Å². The summed E-state index contributed by atoms with van der Waals surface area (Å²) in [4.78, 5) is 12.7. The zero-order chi connectivity index (χ0) is 18.5. The van der Waals surface area contributed by atoms with Crippen LogP contribution >= 0.6 is 0 Å². The van der Waals surface area contributed by atoms with E-state index in [1.54, 1.807) is 6.07 Å². The van der Waals surface area contributed by atoms with Crippen molar-refractivity contribution in [1.29, 1.82) is 0 Å². The number of para-hydroxylation sites is 1. The Bertz CT molecular complexity index is 903. The summed E-state index contributed by atoms with van der Waals surface area (Å²) in [5.74, 6) is -0.0588. The summed E-state index contributed by atoms with van der Waals surface area (Å²) in [5.41, 5.74) is 4.60. The van der Waals surface area contributed by atoms with Gasteiger partial charge in [0.2, 0.25) is 5.91 Å². The highest BCUT2D eigenvalue weighted by atomic mass is 16.3. The maximum atomic E-state index is 12.7. The molecule has 3 nitrogen and oxygen atoms in total. The number of hydrogen-bond acceptors (Lipinski definition) is 2. The highest BCUT2D eigenvalue weighted by Gasteiger charge is 2.21. The number of benzene rings is 3. The summed E-state index contributed by atoms with van der Waals surface area (Å²) in [7, 11) is 0. The summed E-state index contributed by atoms with van der Waals surface area (Å²) < 4.78 is 0. The number of carbonyl (C=O) groups excluding carboxylic acids is 1. The van der Waals surface area contributed by atoms with E-state index in [1.165, 1.54) is 0 Å². The van der Waals surface area contributed by atoms with Crippen molar-refractivity contribution in [2.45, 2.75) is 26.2 Å². The van der Waals surface area contributed by atoms with E-state index in [2.05, 4.69) is 5.32 Å². The van der Waals surface area contributed by atoms with Crippen LogP contribution in [0.4, 0.5) is 5.69 Å². The minimum Gasteiger partial charge on any atom is -0.508 e. The van der Waals surface area contributed by atoms with Crippen molar-refractivity contribution in [3.8, 4) is 5.75 Å². The number of phenolic OH excluding ortho intramolecular Hbond substituents is 1. The smallest absolute Gasteiger partial charge is 0.225 e. The van der Waals surface area contributed by atoms with Crippen LogP contribution in [0.25, 0.3) is 0 Å². The Hall–Kier alpha value is -3.07. The van der Waals surface area contributed by atoms with Gasteiger partial charge in [-0.2, -0.15) is 0 Å². The molecule has 0 aliphatic rings. The van der Waals surface area contributed by atoms with Crippen molar-refractivity contribution in [2.24, 2.45) is 0 Å². The number of carbonyl (C=O) groups is 1. The Kier molecular flexibility index (Phi) is 5.37. The van der Waals surface area contributed by atoms with Gasteiger partial charge in [-0.05, 0) is 42.7 Å². The standard InChI is InChI=1S/C23H23NO2/c1-16-12-13-19(22(25)14-16)20(18-9-4-3-5-10-18)15-23(26)24-21-11-7-6-8-17(21)2/h3-14,20,25H,15H2,1-2H3,(H,24,26)/t20-/m0/s1. The summed E-state index contributed by atoms with van der Waals surface area (Å²) in [6.45, 7) is 3.90. The van der Waals surface area contributed by atoms with E-state index in [0.29, 0.717) is 0 Å². The van der Waals surface area contributed by atoms with Crippen LogP contribution in [0.3, 0.4) is 0 Å². The molecule has 0 aromatic heterocycles. The van der Waals surface area contributed by atoms with Crippen LogP contribution in [0.15, 0.2) is 72.8 Å². The lowest BCUT2D eigenvalue weighted by atomic mass is 9.87. The fraction of sp³-hybridized carbons (Fsp3) is 0.174. The summed E-state index contributed by atoms with van der Waals surface area (Å²) >= 11 is 0. The predicted octanol–water partition coefficient (Wildman–Crippen LogP) is 5.17. The molecule has 0 bridgehead atoms. The van der Waals surface area contributed by atoms with Gasteiger partial charge in [0.15, 0.2) is 0 Å². The molecule has 0 fully saturated rings. The molecule has 3 heteroatoms. The highest BCUT2D eigenvalue weighted by Crippen LogP contribution is 2.34. The van der Waals surface area contributed by atoms with E-state index in [4.69, 9.17) is 0 Å². The Labute approximate surface area is 154 Å². The Morgan fingerprint density at radius 2 is 1.65 bits per heavy atom. The average molecular weight is 345 g/mol. The van der Waals surface area contributed by atoms with Crippen molar-refractivity contribution in [1.82, 2.24) is 0 Å². The third-order valence-electron chi connectivity index (χ3n) is 4.57. The van der Waals surface area contributed by atoms with Crippen LogP contribution in [0, 0.1) is 13.8 Å². The lowest BCUT2D eigenvalue weighted by Gasteiger charge is -2.19. The first-order valence-corrected chi connectivity index (χ1v) is 8.74. The summed E-state index contributed by atoms with van der Waals surface area (Å²) in [5, 5.41) is 13.4. The molecule has 1 amide bonds. The van der Waals surface area contributed by atoms with Crippen molar-refractivity contribution in [3.63, 3.8) is 0 Å². The van der Waals surface area contributed by atoms with Gasteiger partial charge in [0.25, 0.3) is 0 Å². The molecule has 0 heterocycles. The summed E-state index contributed by atoms with van der Waals surface area (Å²) in [6, 6.07) is 23.2. The molecule has 3 aromatic rings. The number of rotatable bonds is 5. The zero-order valence-corrected chi connectivity index (χ0v) is 15.1. The number of phenols is 1. The number of anilines is 1. The number of aryl methyl sites for hydroxylation is 2. The van der Waals surface area contributed by atoms with Crippen molar-refractivity contribution in [2.75, 3.05) is 5.32 Å². The van der Waals surface area contributed by atoms with E-state index < -0.39 is 0 Å². The zero-order valence-electron chi connectivity index (χ0n) is 15.1. The van der Waals surface area contributed by atoms with Gasteiger partial charge in [-0.1, -0.05) is 60.7 Å². The topological polar surface area (TPSA) is 49.3 Å². The molecule has 26 heavy (non-hydrogen) atoms. The van der Waals surface area contributed by atoms with Crippen LogP contribution < -0.4 is 5.32 Å². The van der Waals surface area contributed by atoms with Gasteiger partial charge in [0, 0.05) is 23.6 Å². The van der Waals surface area contributed by atoms with Crippen LogP contribution in [0.5, 0.6) is 5.75 Å². The van der Waals surface area contributed by atoms with Gasteiger partial charge in [-0.3, -0.25) is 4.79 Å². The molecule has 0 aliphatic carbocycles. The average Bonchev–Trinajstić information content (AvgIpc) is 2.63. The maximum absolute atomic E-state index is 12.7. The van der Waals surface area contributed by atoms with Gasteiger partial charge in [0.05, 0.1) is 0 Å². The third kappa shape index (κ3) is 4.12. The Balaban J connectivity index is 1.89. The van der Waals surface area contributed by atoms with E-state index >= 15 is 0 Å². The first-order chi connectivity index (χ1) is 12.5. The second-order valence-corrected chi connectivity index (χ2v) is 6.59. The fourth-order valence-electron chi connectivity index (χ4n) is 3.14. The second kappa shape index (κ2) is 7.87. The number of amides is 1. The highest BCUT2D eigenvalue weighted by molar-refractivity contribution is 5.92. The molecule has 0 saturated carbocycles. The minimum absolute atomic E-state index is 0.0758. The quantitative estimate of drug-likeness (QED) is 0.670. The Morgan fingerprint density at radius 3 is 2.35 bits per heavy atom. The monoisotopic (exact) mass is 345 g/mol. The van der Waals surface area contributed by atoms with Crippen LogP contribution in [0.2, 0.25) is 0 Å². The largest absolute Gasteiger partial charge is 0.508 e. The lowest BCUT2D eigenvalue weighted by molar-refractivity contribution is -0.116. The number of aromatic hydroxyl groups is 1. The molecule has 0 aliphatic heterocycles. The molecule has 1 atom stereocenters. The molecule has 0 saturated heterocycles. The van der Waals surface area contributed by atoms with Crippen LogP contribution in [-0.4, -0.2) is 11.0 Å². The normalized spacial score (nSPS) is 11.8. The molecule has 132 valence electrons. The van der Waals surface area contributed by atoms with Crippen LogP contribution in [-0.2, 0) is 4.79 Å². The predicted molar refractivity (Wildman–Crippen MR) is 106 cm³/mol. The minimum atomic E-state index is -0.208. The molecule has 3 aromatic carbocycles. The molecular weight excluding hydrogens is 322 g/mol. The molecule has 3 rings (SSSR count). The number of hydrogen-bond donors (Lipinski definition) is 2. The van der Waals surface area contributed by atoms with E-state index in [1.807, 2.05) is 80.6 Å². The molecular formula is C23H23NO2. The van der Waals surface area contributed by atoms with Gasteiger partial charge < -0.3 is 10.4 Å². The van der Waals surface area contributed by atoms with E-state index in [0.717, 1.165) is 27.9 Å². The third-order valence-corrected chi connectivity index (χ3v) is 4.57. The van der Waals surface area contributed by atoms with Crippen molar-refractivity contribution < 1.29 is 9.90 Å². The second-order valence-electron chi connectivity index (χ2n) is 6.59. The van der Waals surface area contributed by atoms with Gasteiger partial charge in [-0.25, -0.2) is 0 Å². The van der Waals surface area contributed by atoms with Gasteiger partial charge in [-0.15, -0.1) is 0 Å². The Morgan fingerprint density at radius 1 is 0.962 bits per heavy atom. The van der Waals surface area contributed by atoms with E-state index in [9.17, 15) is 9.90 Å². The number of nitrogens with one attached hydrogen (secondary N) is 1. The molecule has 2 N–H and O–H groups in total. The molecule has 0 radical (unpaired) electrons. The molecule has 0 unspecified atom stereocenters. The fourth-order valence-corrected chi connectivity index (χ4v) is 3.14. The summed E-state index contributed by atoms with van der Waals surface area (Å²) in [6.07, 6.45) is 0.259. The SMILES string of the molecule is Cc1ccc([C@@H](CC(=O)Nc2ccccc2C)c2ccccc2)c(O)c1. The first kappa shape index (κ1) is 17.7. The van der Waals surface area contributed by atoms with E-state index in [-0.39, 0.29) is 24.0 Å². The first-order valence-electron chi connectivity index (χ1n) is 8.74. The maximum Gasteiger partial charge on any atom is 0.225 e. The van der Waals surface area contributed by atoms with Crippen molar-refractivity contribution >= 4 is 11.6 Å². The van der Waals surface area contributed by atoms with Crippen molar-refractivity contribution in [3.05, 3.63) is 95.1 Å².